The summed E-state index contributed by atoms with van der Waals surface area (Å²) in [4.78, 5) is 30.3. The SMILES string of the molecule is COC(=O)CC1(CC(=O)N(C)c2cccc(C)n2)CCCC1. The number of anilines is 1. The average Bonchev–Trinajstić information content (AvgIpc) is 2.94. The molecule has 2 rings (SSSR count). The zero-order valence-electron chi connectivity index (χ0n) is 13.6. The molecule has 1 saturated carbocycles. The smallest absolute Gasteiger partial charge is 0.306 e. The predicted octanol–water partition coefficient (Wildman–Crippen LogP) is 2.87. The number of esters is 1. The van der Waals surface area contributed by atoms with E-state index in [1.165, 1.54) is 7.11 Å². The number of pyridine rings is 1. The van der Waals surface area contributed by atoms with Crippen molar-refractivity contribution in [3.05, 3.63) is 23.9 Å². The van der Waals surface area contributed by atoms with Crippen LogP contribution in [0.4, 0.5) is 5.82 Å². The van der Waals surface area contributed by atoms with E-state index in [4.69, 9.17) is 4.74 Å². The minimum atomic E-state index is -0.248. The van der Waals surface area contributed by atoms with Crippen LogP contribution < -0.4 is 4.90 Å². The summed E-state index contributed by atoms with van der Waals surface area (Å²) >= 11 is 0. The average molecular weight is 304 g/mol. The van der Waals surface area contributed by atoms with Gasteiger partial charge in [0, 0.05) is 19.2 Å². The number of methoxy groups -OCH3 is 1. The molecule has 1 aromatic heterocycles. The molecule has 0 radical (unpaired) electrons. The van der Waals surface area contributed by atoms with Gasteiger partial charge in [-0.2, -0.15) is 0 Å². The third-order valence-electron chi connectivity index (χ3n) is 4.53. The second kappa shape index (κ2) is 6.90. The van der Waals surface area contributed by atoms with Gasteiger partial charge in [-0.15, -0.1) is 0 Å². The van der Waals surface area contributed by atoms with E-state index in [0.29, 0.717) is 18.7 Å². The summed E-state index contributed by atoms with van der Waals surface area (Å²) in [6, 6.07) is 5.62. The minimum absolute atomic E-state index is 0.00361. The van der Waals surface area contributed by atoms with Gasteiger partial charge in [0.25, 0.3) is 0 Å². The molecule has 1 aromatic rings. The number of rotatable bonds is 5. The standard InChI is InChI=1S/C17H24N2O3/c1-13-7-6-8-14(18-13)19(2)15(20)11-17(9-4-5-10-17)12-16(21)22-3/h6-8H,4-5,9-12H2,1-3H3. The Morgan fingerprint density at radius 1 is 1.27 bits per heavy atom. The molecule has 0 spiro atoms. The molecule has 0 bridgehead atoms. The highest BCUT2D eigenvalue weighted by Crippen LogP contribution is 2.44. The Morgan fingerprint density at radius 2 is 1.95 bits per heavy atom. The van der Waals surface area contributed by atoms with Gasteiger partial charge in [0.2, 0.25) is 5.91 Å². The summed E-state index contributed by atoms with van der Waals surface area (Å²) in [6.07, 6.45) is 4.64. The fourth-order valence-electron chi connectivity index (χ4n) is 3.20. The number of amides is 1. The number of aromatic nitrogens is 1. The third kappa shape index (κ3) is 3.84. The fourth-order valence-corrected chi connectivity index (χ4v) is 3.20. The van der Waals surface area contributed by atoms with Crippen molar-refractivity contribution in [3.63, 3.8) is 0 Å². The maximum absolute atomic E-state index is 12.6. The summed E-state index contributed by atoms with van der Waals surface area (Å²) in [6.45, 7) is 1.90. The van der Waals surface area contributed by atoms with Crippen LogP contribution in [-0.4, -0.2) is 31.0 Å². The quantitative estimate of drug-likeness (QED) is 0.785. The highest BCUT2D eigenvalue weighted by atomic mass is 16.5. The Kier molecular flexibility index (Phi) is 5.16. The number of aryl methyl sites for hydroxylation is 1. The van der Waals surface area contributed by atoms with Crippen molar-refractivity contribution in [2.24, 2.45) is 5.41 Å². The number of nitrogens with zero attached hydrogens (tertiary/aromatic N) is 2. The lowest BCUT2D eigenvalue weighted by atomic mass is 9.79. The van der Waals surface area contributed by atoms with Gasteiger partial charge in [-0.05, 0) is 37.3 Å². The zero-order valence-corrected chi connectivity index (χ0v) is 13.6. The van der Waals surface area contributed by atoms with Crippen molar-refractivity contribution < 1.29 is 14.3 Å². The largest absolute Gasteiger partial charge is 0.469 e. The molecule has 0 aliphatic heterocycles. The summed E-state index contributed by atoms with van der Waals surface area (Å²) in [5, 5.41) is 0. The molecule has 0 N–H and O–H groups in total. The Hall–Kier alpha value is -1.91. The maximum atomic E-state index is 12.6. The van der Waals surface area contributed by atoms with Crippen LogP contribution in [0.3, 0.4) is 0 Å². The highest BCUT2D eigenvalue weighted by Gasteiger charge is 2.39. The molecular formula is C17H24N2O3. The van der Waals surface area contributed by atoms with Gasteiger partial charge < -0.3 is 4.74 Å². The van der Waals surface area contributed by atoms with Crippen LogP contribution >= 0.6 is 0 Å². The van der Waals surface area contributed by atoms with Gasteiger partial charge in [-0.1, -0.05) is 18.9 Å². The number of hydrogen-bond donors (Lipinski definition) is 0. The van der Waals surface area contributed by atoms with Gasteiger partial charge >= 0.3 is 5.97 Å². The number of carbonyl (C=O) groups is 2. The molecule has 1 aliphatic rings. The van der Waals surface area contributed by atoms with E-state index < -0.39 is 0 Å². The Balaban J connectivity index is 2.09. The van der Waals surface area contributed by atoms with Crippen LogP contribution in [0.5, 0.6) is 0 Å². The van der Waals surface area contributed by atoms with Crippen molar-refractivity contribution in [2.45, 2.75) is 45.4 Å². The second-order valence-corrected chi connectivity index (χ2v) is 6.23. The number of carbonyl (C=O) groups excluding carboxylic acids is 2. The molecule has 0 aromatic carbocycles. The second-order valence-electron chi connectivity index (χ2n) is 6.23. The van der Waals surface area contributed by atoms with Crippen LogP contribution in [-0.2, 0) is 14.3 Å². The monoisotopic (exact) mass is 304 g/mol. The van der Waals surface area contributed by atoms with Crippen molar-refractivity contribution in [1.29, 1.82) is 0 Å². The van der Waals surface area contributed by atoms with Gasteiger partial charge in [0.05, 0.1) is 13.5 Å². The first kappa shape index (κ1) is 16.5. The van der Waals surface area contributed by atoms with Gasteiger partial charge in [0.15, 0.2) is 0 Å². The van der Waals surface area contributed by atoms with E-state index in [2.05, 4.69) is 4.98 Å². The molecule has 1 heterocycles. The van der Waals surface area contributed by atoms with Gasteiger partial charge in [0.1, 0.15) is 5.82 Å². The molecule has 120 valence electrons. The van der Waals surface area contributed by atoms with E-state index in [1.54, 1.807) is 11.9 Å². The first-order valence-electron chi connectivity index (χ1n) is 7.73. The first-order chi connectivity index (χ1) is 10.5. The van der Waals surface area contributed by atoms with Gasteiger partial charge in [-0.25, -0.2) is 4.98 Å². The fraction of sp³-hybridized carbons (Fsp3) is 0.588. The molecule has 0 unspecified atom stereocenters. The van der Waals surface area contributed by atoms with Crippen LogP contribution in [0.15, 0.2) is 18.2 Å². The van der Waals surface area contributed by atoms with Crippen LogP contribution in [0, 0.1) is 12.3 Å². The summed E-state index contributed by atoms with van der Waals surface area (Å²) in [7, 11) is 3.14. The van der Waals surface area contributed by atoms with Gasteiger partial charge in [-0.3, -0.25) is 14.5 Å². The van der Waals surface area contributed by atoms with Crippen molar-refractivity contribution >= 4 is 17.7 Å². The summed E-state index contributed by atoms with van der Waals surface area (Å²) in [5.74, 6) is 0.422. The molecule has 1 fully saturated rings. The molecular weight excluding hydrogens is 280 g/mol. The van der Waals surface area contributed by atoms with Crippen molar-refractivity contribution in [3.8, 4) is 0 Å². The lowest BCUT2D eigenvalue weighted by Gasteiger charge is -2.29. The molecule has 0 atom stereocenters. The van der Waals surface area contributed by atoms with E-state index >= 15 is 0 Å². The minimum Gasteiger partial charge on any atom is -0.469 e. The molecule has 22 heavy (non-hydrogen) atoms. The Bertz CT molecular complexity index is 551. The first-order valence-corrected chi connectivity index (χ1v) is 7.73. The van der Waals surface area contributed by atoms with E-state index in [1.807, 2.05) is 25.1 Å². The summed E-state index contributed by atoms with van der Waals surface area (Å²) in [5.41, 5.74) is 0.629. The number of ether oxygens (including phenoxy) is 1. The van der Waals surface area contributed by atoms with Crippen molar-refractivity contribution in [2.75, 3.05) is 19.1 Å². The van der Waals surface area contributed by atoms with Crippen LogP contribution in [0.2, 0.25) is 0 Å². The summed E-state index contributed by atoms with van der Waals surface area (Å²) < 4.78 is 4.80. The zero-order chi connectivity index (χ0) is 16.2. The highest BCUT2D eigenvalue weighted by molar-refractivity contribution is 5.92. The third-order valence-corrected chi connectivity index (χ3v) is 4.53. The molecule has 1 amide bonds. The maximum Gasteiger partial charge on any atom is 0.306 e. The van der Waals surface area contributed by atoms with E-state index in [9.17, 15) is 9.59 Å². The van der Waals surface area contributed by atoms with Crippen LogP contribution in [0.1, 0.15) is 44.2 Å². The van der Waals surface area contributed by atoms with Crippen molar-refractivity contribution in [1.82, 2.24) is 4.98 Å². The normalized spacial score (nSPS) is 16.3. The molecule has 5 nitrogen and oxygen atoms in total. The number of hydrogen-bond acceptors (Lipinski definition) is 4. The predicted molar refractivity (Wildman–Crippen MR) is 84.5 cm³/mol. The van der Waals surface area contributed by atoms with E-state index in [0.717, 1.165) is 31.4 Å². The topological polar surface area (TPSA) is 59.5 Å². The van der Waals surface area contributed by atoms with Crippen LogP contribution in [0.25, 0.3) is 0 Å². The lowest BCUT2D eigenvalue weighted by Crippen LogP contribution is -2.34. The molecule has 0 saturated heterocycles. The van der Waals surface area contributed by atoms with E-state index in [-0.39, 0.29) is 17.3 Å². The lowest BCUT2D eigenvalue weighted by molar-refractivity contribution is -0.143. The Morgan fingerprint density at radius 3 is 2.55 bits per heavy atom. The molecule has 5 heteroatoms. The molecule has 1 aliphatic carbocycles. The Labute approximate surface area is 131 Å².